The minimum Gasteiger partial charge on any atom is -0.435 e. The van der Waals surface area contributed by atoms with Gasteiger partial charge in [0.05, 0.1) is 0 Å². The largest absolute Gasteiger partial charge is 0.435 e. The summed E-state index contributed by atoms with van der Waals surface area (Å²) in [6, 6.07) is 31.7. The summed E-state index contributed by atoms with van der Waals surface area (Å²) in [5.41, 5.74) is 5.08. The molecule has 4 aromatic heterocycles. The first-order valence-corrected chi connectivity index (χ1v) is 13.0. The van der Waals surface area contributed by atoms with Crippen molar-refractivity contribution >= 4 is 45.4 Å². The number of oxazole rings is 2. The molecule has 0 saturated heterocycles. The van der Waals surface area contributed by atoms with Gasteiger partial charge in [0.1, 0.15) is 33.8 Å². The highest BCUT2D eigenvalue weighted by atomic mass is 16.4. The van der Waals surface area contributed by atoms with E-state index in [0.717, 1.165) is 0 Å². The summed E-state index contributed by atoms with van der Waals surface area (Å²) in [6.07, 6.45) is 0. The predicted octanol–water partition coefficient (Wildman–Crippen LogP) is 6.60. The summed E-state index contributed by atoms with van der Waals surface area (Å²) in [7, 11) is 0. The Labute approximate surface area is 238 Å². The van der Waals surface area contributed by atoms with Crippen LogP contribution < -0.4 is 10.6 Å². The summed E-state index contributed by atoms with van der Waals surface area (Å²) in [5.74, 6) is -0.130. The second kappa shape index (κ2) is 10.4. The lowest BCUT2D eigenvalue weighted by atomic mass is 10.2. The molecule has 0 aliphatic carbocycles. The van der Waals surface area contributed by atoms with Crippen molar-refractivity contribution in [3.63, 3.8) is 0 Å². The molecule has 202 valence electrons. The summed E-state index contributed by atoms with van der Waals surface area (Å²) < 4.78 is 11.5. The Balaban J connectivity index is 1.02. The molecule has 3 aromatic carbocycles. The molecule has 0 spiro atoms. The highest BCUT2D eigenvalue weighted by Gasteiger charge is 2.15. The standard InChI is InChI=1S/C32H20N6O4/c39-29(23-9-5-11-25(35-23)31-37-21-7-1-3-13-27(21)41-31)33-19-15-17-20(18-16-19)34-30(40)24-10-6-12-26(36-24)32-38-22-8-2-4-14-28(22)42-32/h1-18H,(H,33,39)(H,34,40). The van der Waals surface area contributed by atoms with Crippen LogP contribution in [0.2, 0.25) is 0 Å². The van der Waals surface area contributed by atoms with Crippen LogP contribution in [0, 0.1) is 0 Å². The monoisotopic (exact) mass is 552 g/mol. The molecule has 2 N–H and O–H groups in total. The number of nitrogens with one attached hydrogen (secondary N) is 2. The topological polar surface area (TPSA) is 136 Å². The number of para-hydroxylation sites is 4. The number of hydrogen-bond acceptors (Lipinski definition) is 8. The average molecular weight is 553 g/mol. The zero-order chi connectivity index (χ0) is 28.5. The van der Waals surface area contributed by atoms with Gasteiger partial charge < -0.3 is 19.5 Å². The van der Waals surface area contributed by atoms with Gasteiger partial charge >= 0.3 is 0 Å². The van der Waals surface area contributed by atoms with Gasteiger partial charge in [-0.3, -0.25) is 9.59 Å². The van der Waals surface area contributed by atoms with Crippen molar-refractivity contribution < 1.29 is 18.4 Å². The SMILES string of the molecule is O=C(Nc1ccc(NC(=O)c2cccc(-c3nc4ccccc4o3)n2)cc1)c1cccc(-c2nc3ccccc3o2)n1. The van der Waals surface area contributed by atoms with Crippen molar-refractivity contribution in [2.75, 3.05) is 10.6 Å². The van der Waals surface area contributed by atoms with E-state index < -0.39 is 11.8 Å². The lowest BCUT2D eigenvalue weighted by Crippen LogP contribution is -2.15. The Kier molecular flexibility index (Phi) is 6.17. The Morgan fingerprint density at radius 3 is 1.33 bits per heavy atom. The van der Waals surface area contributed by atoms with Crippen molar-refractivity contribution in [1.82, 2.24) is 19.9 Å². The van der Waals surface area contributed by atoms with Crippen LogP contribution in [0.25, 0.3) is 45.4 Å². The van der Waals surface area contributed by atoms with Crippen LogP contribution >= 0.6 is 0 Å². The van der Waals surface area contributed by atoms with Crippen molar-refractivity contribution in [2.45, 2.75) is 0 Å². The third-order valence-corrected chi connectivity index (χ3v) is 6.39. The molecule has 2 amide bonds. The Morgan fingerprint density at radius 1 is 0.476 bits per heavy atom. The number of rotatable bonds is 6. The molecule has 10 nitrogen and oxygen atoms in total. The summed E-state index contributed by atoms with van der Waals surface area (Å²) in [4.78, 5) is 43.5. The van der Waals surface area contributed by atoms with E-state index in [9.17, 15) is 9.59 Å². The van der Waals surface area contributed by atoms with Crippen molar-refractivity contribution in [3.8, 4) is 23.2 Å². The van der Waals surface area contributed by atoms with E-state index in [0.29, 0.717) is 56.7 Å². The number of carbonyl (C=O) groups is 2. The van der Waals surface area contributed by atoms with Crippen LogP contribution in [0.4, 0.5) is 11.4 Å². The number of amides is 2. The van der Waals surface area contributed by atoms with Crippen LogP contribution in [-0.4, -0.2) is 31.8 Å². The molecule has 10 heteroatoms. The number of fused-ring (bicyclic) bond motifs is 2. The summed E-state index contributed by atoms with van der Waals surface area (Å²) in [6.45, 7) is 0. The average Bonchev–Trinajstić information content (AvgIpc) is 3.67. The van der Waals surface area contributed by atoms with E-state index in [-0.39, 0.29) is 11.4 Å². The van der Waals surface area contributed by atoms with Gasteiger partial charge in [0.2, 0.25) is 11.8 Å². The van der Waals surface area contributed by atoms with Gasteiger partial charge in [-0.05, 0) is 72.8 Å². The first kappa shape index (κ1) is 24.9. The minimum absolute atomic E-state index is 0.206. The van der Waals surface area contributed by atoms with E-state index >= 15 is 0 Å². The van der Waals surface area contributed by atoms with Crippen LogP contribution in [0.3, 0.4) is 0 Å². The maximum Gasteiger partial charge on any atom is 0.274 e. The second-order valence-corrected chi connectivity index (χ2v) is 9.28. The van der Waals surface area contributed by atoms with Crippen LogP contribution in [0.5, 0.6) is 0 Å². The smallest absolute Gasteiger partial charge is 0.274 e. The zero-order valence-electron chi connectivity index (χ0n) is 21.8. The molecule has 0 unspecified atom stereocenters. The van der Waals surface area contributed by atoms with Crippen molar-refractivity contribution in [2.24, 2.45) is 0 Å². The van der Waals surface area contributed by atoms with Crippen LogP contribution in [-0.2, 0) is 0 Å². The number of aromatic nitrogens is 4. The molecule has 4 heterocycles. The van der Waals surface area contributed by atoms with Gasteiger partial charge in [-0.15, -0.1) is 0 Å². The first-order chi connectivity index (χ1) is 20.6. The fourth-order valence-corrected chi connectivity index (χ4v) is 4.35. The zero-order valence-corrected chi connectivity index (χ0v) is 21.8. The number of benzene rings is 3. The molecule has 0 radical (unpaired) electrons. The van der Waals surface area contributed by atoms with Crippen LogP contribution in [0.1, 0.15) is 21.0 Å². The van der Waals surface area contributed by atoms with Crippen LogP contribution in [0.15, 0.2) is 118 Å². The van der Waals surface area contributed by atoms with E-state index in [2.05, 4.69) is 30.6 Å². The van der Waals surface area contributed by atoms with Crippen molar-refractivity contribution in [3.05, 3.63) is 121 Å². The molecule has 42 heavy (non-hydrogen) atoms. The molecule has 7 rings (SSSR count). The lowest BCUT2D eigenvalue weighted by molar-refractivity contribution is 0.101. The minimum atomic E-state index is -0.398. The number of carbonyl (C=O) groups excluding carboxylic acids is 2. The van der Waals surface area contributed by atoms with Gasteiger partial charge in [0, 0.05) is 11.4 Å². The predicted molar refractivity (Wildman–Crippen MR) is 157 cm³/mol. The summed E-state index contributed by atoms with van der Waals surface area (Å²) >= 11 is 0. The van der Waals surface area contributed by atoms with Gasteiger partial charge in [-0.1, -0.05) is 36.4 Å². The number of nitrogens with zero attached hydrogens (tertiary/aromatic N) is 4. The molecular formula is C32H20N6O4. The molecule has 0 aliphatic heterocycles. The first-order valence-electron chi connectivity index (χ1n) is 13.0. The maximum atomic E-state index is 12.9. The maximum absolute atomic E-state index is 12.9. The Morgan fingerprint density at radius 2 is 0.905 bits per heavy atom. The van der Waals surface area contributed by atoms with Crippen molar-refractivity contribution in [1.29, 1.82) is 0 Å². The highest BCUT2D eigenvalue weighted by Crippen LogP contribution is 2.24. The molecule has 7 aromatic rings. The summed E-state index contributed by atoms with van der Waals surface area (Å²) in [5, 5.41) is 5.63. The molecule has 0 aliphatic rings. The number of pyridine rings is 2. The molecule has 0 atom stereocenters. The Bertz CT molecular complexity index is 1880. The quantitative estimate of drug-likeness (QED) is 0.236. The van der Waals surface area contributed by atoms with E-state index in [1.807, 2.05) is 48.5 Å². The number of hydrogen-bond donors (Lipinski definition) is 2. The second-order valence-electron chi connectivity index (χ2n) is 9.28. The van der Waals surface area contributed by atoms with E-state index in [1.54, 1.807) is 60.7 Å². The lowest BCUT2D eigenvalue weighted by Gasteiger charge is -2.08. The normalized spacial score (nSPS) is 11.0. The Hall–Kier alpha value is -6.16. The third-order valence-electron chi connectivity index (χ3n) is 6.39. The van der Waals surface area contributed by atoms with Gasteiger partial charge in [-0.25, -0.2) is 19.9 Å². The third kappa shape index (κ3) is 4.95. The van der Waals surface area contributed by atoms with E-state index in [4.69, 9.17) is 8.83 Å². The van der Waals surface area contributed by atoms with Gasteiger partial charge in [0.25, 0.3) is 11.8 Å². The molecule has 0 bridgehead atoms. The molecule has 0 saturated carbocycles. The fourth-order valence-electron chi connectivity index (χ4n) is 4.35. The number of anilines is 2. The molecular weight excluding hydrogens is 532 g/mol. The van der Waals surface area contributed by atoms with Gasteiger partial charge in [0.15, 0.2) is 11.2 Å². The van der Waals surface area contributed by atoms with Gasteiger partial charge in [-0.2, -0.15) is 0 Å². The molecule has 0 fully saturated rings. The highest BCUT2D eigenvalue weighted by molar-refractivity contribution is 6.04. The fraction of sp³-hybridized carbons (Fsp3) is 0. The van der Waals surface area contributed by atoms with E-state index in [1.165, 1.54) is 0 Å².